The summed E-state index contributed by atoms with van der Waals surface area (Å²) < 4.78 is 4.05. The van der Waals surface area contributed by atoms with Crippen LogP contribution in [-0.2, 0) is 14.3 Å². The number of nitrogens with one attached hydrogen (secondary N) is 1. The smallest absolute Gasteiger partial charge is 0.325 e. The number of rotatable bonds is 4. The molecule has 0 radical (unpaired) electrons. The predicted octanol–water partition coefficient (Wildman–Crippen LogP) is 2.95. The number of hydrogen-bond acceptors (Lipinski definition) is 4. The number of benzene rings is 2. The Balaban J connectivity index is 2.05. The largest absolute Gasteiger partial charge is 0.468 e. The van der Waals surface area contributed by atoms with Crippen LogP contribution in [0.15, 0.2) is 65.6 Å². The first-order valence-corrected chi connectivity index (χ1v) is 8.14. The average Bonchev–Trinajstić information content (AvgIpc) is 2.93. The van der Waals surface area contributed by atoms with Gasteiger partial charge in [0.15, 0.2) is 4.75 Å². The van der Waals surface area contributed by atoms with Crippen molar-refractivity contribution >= 4 is 23.6 Å². The second-order valence-electron chi connectivity index (χ2n) is 5.38. The van der Waals surface area contributed by atoms with Gasteiger partial charge in [-0.3, -0.25) is 9.59 Å². The van der Waals surface area contributed by atoms with Gasteiger partial charge >= 0.3 is 5.97 Å². The first-order valence-electron chi connectivity index (χ1n) is 7.32. The van der Waals surface area contributed by atoms with Crippen molar-refractivity contribution in [3.8, 4) is 0 Å². The van der Waals surface area contributed by atoms with Crippen LogP contribution < -0.4 is 5.32 Å². The summed E-state index contributed by atoms with van der Waals surface area (Å²) in [5.74, 6) is -0.536. The van der Waals surface area contributed by atoms with E-state index >= 15 is 0 Å². The Bertz CT molecular complexity index is 705. The summed E-state index contributed by atoms with van der Waals surface area (Å²) >= 11 is 1.38. The Morgan fingerprint density at radius 3 is 2.35 bits per heavy atom. The van der Waals surface area contributed by atoms with Crippen LogP contribution in [0.4, 0.5) is 0 Å². The molecule has 0 spiro atoms. The lowest BCUT2D eigenvalue weighted by atomic mass is 9.93. The minimum absolute atomic E-state index is 0.0960. The molecule has 1 heterocycles. The summed E-state index contributed by atoms with van der Waals surface area (Å²) in [7, 11) is 1.36. The molecule has 1 aliphatic heterocycles. The summed E-state index contributed by atoms with van der Waals surface area (Å²) in [5, 5.41) is 2.94. The fraction of sp³-hybridized carbons (Fsp3) is 0.222. The van der Waals surface area contributed by atoms with Crippen LogP contribution in [0.5, 0.6) is 0 Å². The molecule has 118 valence electrons. The van der Waals surface area contributed by atoms with Crippen LogP contribution in [0.3, 0.4) is 0 Å². The van der Waals surface area contributed by atoms with Gasteiger partial charge in [0.25, 0.3) is 0 Å². The summed E-state index contributed by atoms with van der Waals surface area (Å²) in [6.45, 7) is 0. The van der Waals surface area contributed by atoms with E-state index in [4.69, 9.17) is 4.74 Å². The van der Waals surface area contributed by atoms with Crippen molar-refractivity contribution < 1.29 is 14.3 Å². The summed E-state index contributed by atoms with van der Waals surface area (Å²) in [4.78, 5) is 25.7. The molecule has 23 heavy (non-hydrogen) atoms. The zero-order chi connectivity index (χ0) is 16.3. The van der Waals surface area contributed by atoms with Gasteiger partial charge in [0.05, 0.1) is 19.6 Å². The van der Waals surface area contributed by atoms with Crippen LogP contribution in [0, 0.1) is 0 Å². The van der Waals surface area contributed by atoms with E-state index in [0.717, 1.165) is 10.5 Å². The SMILES string of the molecule is COC(=O)[C@]1(Sc2ccccc2)CC(=O)N[C@@H]1c1ccccc1. The molecule has 2 aromatic rings. The fourth-order valence-corrected chi connectivity index (χ4v) is 4.26. The molecular weight excluding hydrogens is 310 g/mol. The van der Waals surface area contributed by atoms with E-state index in [1.165, 1.54) is 18.9 Å². The Morgan fingerprint density at radius 1 is 1.13 bits per heavy atom. The third kappa shape index (κ3) is 2.97. The monoisotopic (exact) mass is 327 g/mol. The van der Waals surface area contributed by atoms with Crippen LogP contribution in [0.2, 0.25) is 0 Å². The van der Waals surface area contributed by atoms with Gasteiger partial charge in [0.2, 0.25) is 5.91 Å². The first-order chi connectivity index (χ1) is 11.2. The van der Waals surface area contributed by atoms with Crippen LogP contribution in [0.25, 0.3) is 0 Å². The molecule has 0 aromatic heterocycles. The maximum atomic E-state index is 12.6. The van der Waals surface area contributed by atoms with Crippen LogP contribution in [-0.4, -0.2) is 23.7 Å². The van der Waals surface area contributed by atoms with E-state index in [-0.39, 0.29) is 12.3 Å². The molecule has 2 aromatic carbocycles. The van der Waals surface area contributed by atoms with Gasteiger partial charge in [0.1, 0.15) is 0 Å². The van der Waals surface area contributed by atoms with Crippen molar-refractivity contribution in [3.05, 3.63) is 66.2 Å². The number of thioether (sulfide) groups is 1. The molecule has 3 rings (SSSR count). The lowest BCUT2D eigenvalue weighted by molar-refractivity contribution is -0.144. The Hall–Kier alpha value is -2.27. The normalized spacial score (nSPS) is 23.3. The van der Waals surface area contributed by atoms with E-state index in [2.05, 4.69) is 5.32 Å². The van der Waals surface area contributed by atoms with Gasteiger partial charge in [-0.25, -0.2) is 0 Å². The van der Waals surface area contributed by atoms with E-state index in [1.807, 2.05) is 60.7 Å². The van der Waals surface area contributed by atoms with Crippen LogP contribution >= 0.6 is 11.8 Å². The number of esters is 1. The number of hydrogen-bond donors (Lipinski definition) is 1. The molecule has 0 bridgehead atoms. The summed E-state index contributed by atoms with van der Waals surface area (Å²) in [6.07, 6.45) is 0.0960. The van der Waals surface area contributed by atoms with Crippen molar-refractivity contribution in [3.63, 3.8) is 0 Å². The van der Waals surface area contributed by atoms with E-state index in [9.17, 15) is 9.59 Å². The maximum absolute atomic E-state index is 12.6. The molecule has 5 heteroatoms. The molecular formula is C18H17NO3S. The van der Waals surface area contributed by atoms with Gasteiger partial charge in [0, 0.05) is 4.90 Å². The highest BCUT2D eigenvalue weighted by atomic mass is 32.2. The average molecular weight is 327 g/mol. The zero-order valence-electron chi connectivity index (χ0n) is 12.7. The maximum Gasteiger partial charge on any atom is 0.325 e. The molecule has 0 unspecified atom stereocenters. The number of amides is 1. The van der Waals surface area contributed by atoms with E-state index < -0.39 is 16.8 Å². The highest BCUT2D eigenvalue weighted by molar-refractivity contribution is 8.01. The lowest BCUT2D eigenvalue weighted by Crippen LogP contribution is -2.41. The number of carbonyl (C=O) groups is 2. The molecule has 1 aliphatic rings. The van der Waals surface area contributed by atoms with E-state index in [0.29, 0.717) is 0 Å². The number of methoxy groups -OCH3 is 1. The second-order valence-corrected chi connectivity index (χ2v) is 6.79. The summed E-state index contributed by atoms with van der Waals surface area (Å²) in [5.41, 5.74) is 0.896. The third-order valence-corrected chi connectivity index (χ3v) is 5.32. The zero-order valence-corrected chi connectivity index (χ0v) is 13.5. The van der Waals surface area contributed by atoms with Gasteiger partial charge < -0.3 is 10.1 Å². The molecule has 1 saturated heterocycles. The molecule has 2 atom stereocenters. The van der Waals surface area contributed by atoms with Gasteiger partial charge in [-0.15, -0.1) is 11.8 Å². The molecule has 0 aliphatic carbocycles. The fourth-order valence-electron chi connectivity index (χ4n) is 2.87. The van der Waals surface area contributed by atoms with Gasteiger partial charge in [-0.05, 0) is 17.7 Å². The van der Waals surface area contributed by atoms with Gasteiger partial charge in [-0.2, -0.15) is 0 Å². The highest BCUT2D eigenvalue weighted by Crippen LogP contribution is 2.48. The van der Waals surface area contributed by atoms with Crippen molar-refractivity contribution in [2.75, 3.05) is 7.11 Å². The topological polar surface area (TPSA) is 55.4 Å². The lowest BCUT2D eigenvalue weighted by Gasteiger charge is -2.31. The molecule has 4 nitrogen and oxygen atoms in total. The third-order valence-electron chi connectivity index (χ3n) is 3.90. The van der Waals surface area contributed by atoms with Gasteiger partial charge in [-0.1, -0.05) is 48.5 Å². The van der Waals surface area contributed by atoms with Crippen LogP contribution in [0.1, 0.15) is 18.0 Å². The van der Waals surface area contributed by atoms with Crippen molar-refractivity contribution in [1.29, 1.82) is 0 Å². The summed E-state index contributed by atoms with van der Waals surface area (Å²) in [6, 6.07) is 18.7. The quantitative estimate of drug-likeness (QED) is 0.877. The number of ether oxygens (including phenoxy) is 1. The van der Waals surface area contributed by atoms with Crippen molar-refractivity contribution in [2.24, 2.45) is 0 Å². The minimum atomic E-state index is -1.01. The number of carbonyl (C=O) groups excluding carboxylic acids is 2. The predicted molar refractivity (Wildman–Crippen MR) is 89.0 cm³/mol. The Morgan fingerprint density at radius 2 is 1.74 bits per heavy atom. The minimum Gasteiger partial charge on any atom is -0.468 e. The van der Waals surface area contributed by atoms with Crippen molar-refractivity contribution in [1.82, 2.24) is 5.32 Å². The standard InChI is InChI=1S/C18H17NO3S/c1-22-17(21)18(23-14-10-6-3-7-11-14)12-15(20)19-16(18)13-8-4-2-5-9-13/h2-11,16H,12H2,1H3,(H,19,20)/t16-,18+/m1/s1. The van der Waals surface area contributed by atoms with Crippen molar-refractivity contribution in [2.45, 2.75) is 22.1 Å². The highest BCUT2D eigenvalue weighted by Gasteiger charge is 2.55. The second kappa shape index (κ2) is 6.46. The first kappa shape index (κ1) is 15.6. The Labute approximate surface area is 139 Å². The Kier molecular flexibility index (Phi) is 4.39. The van der Waals surface area contributed by atoms with E-state index in [1.54, 1.807) is 0 Å². The molecule has 1 N–H and O–H groups in total. The molecule has 1 fully saturated rings. The molecule has 0 saturated carbocycles. The molecule has 1 amide bonds.